The summed E-state index contributed by atoms with van der Waals surface area (Å²) in [5, 5.41) is 1.96. The van der Waals surface area contributed by atoms with Crippen molar-refractivity contribution >= 4 is 29.1 Å². The van der Waals surface area contributed by atoms with Crippen LogP contribution in [0.4, 0.5) is 8.78 Å². The van der Waals surface area contributed by atoms with Gasteiger partial charge in [-0.3, -0.25) is 25.8 Å². The van der Waals surface area contributed by atoms with Gasteiger partial charge in [-0.05, 0) is 42.5 Å². The molecule has 0 aliphatic carbocycles. The summed E-state index contributed by atoms with van der Waals surface area (Å²) < 4.78 is 30.6. The SMILES string of the molecule is O=C(NC(=S)NNC(=O)c1ccco1)c1ccc(F)c(F)c1. The van der Waals surface area contributed by atoms with Crippen LogP contribution in [0.3, 0.4) is 0 Å². The van der Waals surface area contributed by atoms with E-state index in [9.17, 15) is 18.4 Å². The van der Waals surface area contributed by atoms with Crippen LogP contribution in [0, 0.1) is 11.6 Å². The highest BCUT2D eigenvalue weighted by atomic mass is 32.1. The topological polar surface area (TPSA) is 83.4 Å². The highest BCUT2D eigenvalue weighted by Gasteiger charge is 2.12. The molecule has 0 fully saturated rings. The first-order chi connectivity index (χ1) is 10.5. The Hall–Kier alpha value is -2.81. The Kier molecular flexibility index (Phi) is 4.79. The molecule has 0 radical (unpaired) electrons. The Morgan fingerprint density at radius 2 is 1.82 bits per heavy atom. The van der Waals surface area contributed by atoms with Crippen molar-refractivity contribution in [1.82, 2.24) is 16.2 Å². The zero-order chi connectivity index (χ0) is 16.1. The van der Waals surface area contributed by atoms with Crippen LogP contribution in [0.5, 0.6) is 0 Å². The predicted molar refractivity (Wildman–Crippen MR) is 75.7 cm³/mol. The Morgan fingerprint density at radius 3 is 2.45 bits per heavy atom. The van der Waals surface area contributed by atoms with Gasteiger partial charge in [-0.1, -0.05) is 0 Å². The maximum absolute atomic E-state index is 13.0. The molecule has 2 rings (SSSR count). The summed E-state index contributed by atoms with van der Waals surface area (Å²) in [5.41, 5.74) is 4.33. The van der Waals surface area contributed by atoms with Gasteiger partial charge in [0.15, 0.2) is 22.5 Å². The minimum Gasteiger partial charge on any atom is -0.459 e. The van der Waals surface area contributed by atoms with Gasteiger partial charge >= 0.3 is 5.91 Å². The Morgan fingerprint density at radius 1 is 1.05 bits per heavy atom. The Labute approximate surface area is 128 Å². The van der Waals surface area contributed by atoms with Crippen molar-refractivity contribution in [3.8, 4) is 0 Å². The molecular formula is C13H9F2N3O3S. The molecular weight excluding hydrogens is 316 g/mol. The molecule has 1 aromatic carbocycles. The molecule has 0 aliphatic heterocycles. The van der Waals surface area contributed by atoms with Crippen LogP contribution >= 0.6 is 12.2 Å². The van der Waals surface area contributed by atoms with Gasteiger partial charge in [0.2, 0.25) is 0 Å². The Balaban J connectivity index is 1.87. The summed E-state index contributed by atoms with van der Waals surface area (Å²) in [6.45, 7) is 0. The van der Waals surface area contributed by atoms with Crippen molar-refractivity contribution in [3.63, 3.8) is 0 Å². The number of amides is 2. The number of carbonyl (C=O) groups is 2. The fourth-order valence-electron chi connectivity index (χ4n) is 1.43. The van der Waals surface area contributed by atoms with Crippen molar-refractivity contribution in [2.75, 3.05) is 0 Å². The standard InChI is InChI=1S/C13H9F2N3O3S/c14-8-4-3-7(6-9(8)15)11(19)16-13(22)18-17-12(20)10-2-1-5-21-10/h1-6H,(H,17,20)(H2,16,18,19,22). The molecule has 2 amide bonds. The maximum atomic E-state index is 13.0. The molecule has 0 aliphatic rings. The second kappa shape index (κ2) is 6.76. The summed E-state index contributed by atoms with van der Waals surface area (Å²) in [6, 6.07) is 5.60. The van der Waals surface area contributed by atoms with Crippen molar-refractivity contribution in [3.05, 3.63) is 59.6 Å². The van der Waals surface area contributed by atoms with E-state index in [0.717, 1.165) is 18.2 Å². The molecule has 0 unspecified atom stereocenters. The molecule has 3 N–H and O–H groups in total. The first-order valence-electron chi connectivity index (χ1n) is 5.87. The molecule has 0 saturated heterocycles. The van der Waals surface area contributed by atoms with Gasteiger partial charge in [-0.2, -0.15) is 0 Å². The number of carbonyl (C=O) groups excluding carboxylic acids is 2. The minimum absolute atomic E-state index is 0.0437. The van der Waals surface area contributed by atoms with Gasteiger partial charge in [-0.15, -0.1) is 0 Å². The smallest absolute Gasteiger partial charge is 0.305 e. The molecule has 0 saturated carbocycles. The van der Waals surface area contributed by atoms with E-state index in [1.807, 2.05) is 0 Å². The van der Waals surface area contributed by atoms with E-state index >= 15 is 0 Å². The largest absolute Gasteiger partial charge is 0.459 e. The van der Waals surface area contributed by atoms with Crippen LogP contribution in [-0.2, 0) is 0 Å². The van der Waals surface area contributed by atoms with Gasteiger partial charge in [-0.25, -0.2) is 8.78 Å². The molecule has 1 heterocycles. The van der Waals surface area contributed by atoms with Crippen LogP contribution in [0.15, 0.2) is 41.0 Å². The fraction of sp³-hybridized carbons (Fsp3) is 0. The molecule has 6 nitrogen and oxygen atoms in total. The first kappa shape index (κ1) is 15.6. The average Bonchev–Trinajstić information content (AvgIpc) is 3.02. The normalized spacial score (nSPS) is 9.91. The fourth-order valence-corrected chi connectivity index (χ4v) is 1.57. The monoisotopic (exact) mass is 325 g/mol. The molecule has 0 spiro atoms. The van der Waals surface area contributed by atoms with E-state index in [-0.39, 0.29) is 16.4 Å². The van der Waals surface area contributed by atoms with Gasteiger partial charge in [0, 0.05) is 5.56 Å². The summed E-state index contributed by atoms with van der Waals surface area (Å²) >= 11 is 4.78. The van der Waals surface area contributed by atoms with Gasteiger partial charge in [0.25, 0.3) is 5.91 Å². The second-order valence-corrected chi connectivity index (χ2v) is 4.38. The molecule has 22 heavy (non-hydrogen) atoms. The molecule has 1 aromatic heterocycles. The Bertz CT molecular complexity index is 719. The van der Waals surface area contributed by atoms with Crippen LogP contribution in [0.25, 0.3) is 0 Å². The zero-order valence-electron chi connectivity index (χ0n) is 10.9. The third-order valence-corrected chi connectivity index (χ3v) is 2.65. The number of hydrogen-bond donors (Lipinski definition) is 3. The number of rotatable bonds is 2. The maximum Gasteiger partial charge on any atom is 0.305 e. The third kappa shape index (κ3) is 3.85. The molecule has 0 bridgehead atoms. The summed E-state index contributed by atoms with van der Waals surface area (Å²) in [7, 11) is 0. The van der Waals surface area contributed by atoms with Crippen LogP contribution in [-0.4, -0.2) is 16.9 Å². The quantitative estimate of drug-likeness (QED) is 0.576. The zero-order valence-corrected chi connectivity index (χ0v) is 11.7. The van der Waals surface area contributed by atoms with Crippen LogP contribution in [0.2, 0.25) is 0 Å². The lowest BCUT2D eigenvalue weighted by Gasteiger charge is -2.10. The number of thiocarbonyl (C=S) groups is 1. The average molecular weight is 325 g/mol. The van der Waals surface area contributed by atoms with Crippen LogP contribution < -0.4 is 16.2 Å². The van der Waals surface area contributed by atoms with E-state index in [0.29, 0.717) is 0 Å². The van der Waals surface area contributed by atoms with E-state index in [1.54, 1.807) is 0 Å². The summed E-state index contributed by atoms with van der Waals surface area (Å²) in [6.07, 6.45) is 1.32. The summed E-state index contributed by atoms with van der Waals surface area (Å²) in [4.78, 5) is 23.3. The predicted octanol–water partition coefficient (Wildman–Crippen LogP) is 1.51. The van der Waals surface area contributed by atoms with Crippen molar-refractivity contribution in [2.45, 2.75) is 0 Å². The van der Waals surface area contributed by atoms with E-state index in [4.69, 9.17) is 16.6 Å². The van der Waals surface area contributed by atoms with Crippen LogP contribution in [0.1, 0.15) is 20.9 Å². The lowest BCUT2D eigenvalue weighted by molar-refractivity contribution is 0.0910. The highest BCUT2D eigenvalue weighted by Crippen LogP contribution is 2.08. The number of benzene rings is 1. The molecule has 2 aromatic rings. The molecule has 114 valence electrons. The van der Waals surface area contributed by atoms with Crippen molar-refractivity contribution in [2.24, 2.45) is 0 Å². The number of furan rings is 1. The van der Waals surface area contributed by atoms with Gasteiger partial charge in [0.05, 0.1) is 6.26 Å². The number of halogens is 2. The van der Waals surface area contributed by atoms with Crippen molar-refractivity contribution < 1.29 is 22.8 Å². The second-order valence-electron chi connectivity index (χ2n) is 3.97. The third-order valence-electron chi connectivity index (χ3n) is 2.44. The minimum atomic E-state index is -1.15. The van der Waals surface area contributed by atoms with E-state index in [1.165, 1.54) is 18.4 Å². The van der Waals surface area contributed by atoms with Crippen molar-refractivity contribution in [1.29, 1.82) is 0 Å². The number of hydrazine groups is 1. The summed E-state index contributed by atoms with van der Waals surface area (Å²) in [5.74, 6) is -3.54. The molecule has 9 heteroatoms. The van der Waals surface area contributed by atoms with E-state index < -0.39 is 23.4 Å². The number of nitrogens with one attached hydrogen (secondary N) is 3. The molecule has 0 atom stereocenters. The number of hydrogen-bond acceptors (Lipinski definition) is 4. The van der Waals surface area contributed by atoms with Gasteiger partial charge in [0.1, 0.15) is 0 Å². The lowest BCUT2D eigenvalue weighted by Crippen LogP contribution is -2.48. The lowest BCUT2D eigenvalue weighted by atomic mass is 10.2. The first-order valence-corrected chi connectivity index (χ1v) is 6.28. The highest BCUT2D eigenvalue weighted by molar-refractivity contribution is 7.80. The van der Waals surface area contributed by atoms with E-state index in [2.05, 4.69) is 16.2 Å². The van der Waals surface area contributed by atoms with Gasteiger partial charge < -0.3 is 4.42 Å².